The Labute approximate surface area is 193 Å². The van der Waals surface area contributed by atoms with Crippen molar-refractivity contribution in [2.45, 2.75) is 38.9 Å². The number of nitrogens with zero attached hydrogens (tertiary/aromatic N) is 1. The number of fused-ring (bicyclic) bond motifs is 1. The first kappa shape index (κ1) is 22.1. The fraction of sp³-hybridized carbons (Fsp3) is 0.222. The quantitative estimate of drug-likeness (QED) is 0.324. The summed E-state index contributed by atoms with van der Waals surface area (Å²) >= 11 is 6.38. The van der Waals surface area contributed by atoms with Gasteiger partial charge in [0, 0.05) is 40.6 Å². The molecule has 0 saturated heterocycles. The fourth-order valence-corrected chi connectivity index (χ4v) is 4.36. The number of aromatic nitrogens is 1. The van der Waals surface area contributed by atoms with Crippen molar-refractivity contribution in [3.8, 4) is 0 Å². The Bertz CT molecular complexity index is 1220. The molecular weight excluding hydrogens is 420 g/mol. The molecule has 0 aliphatic carbocycles. The smallest absolute Gasteiger partial charge is 0.352 e. The van der Waals surface area contributed by atoms with Crippen LogP contribution in [0.2, 0.25) is 5.02 Å². The first-order chi connectivity index (χ1) is 15.5. The Balaban J connectivity index is 1.60. The lowest BCUT2D eigenvalue weighted by Gasteiger charge is -2.15. The van der Waals surface area contributed by atoms with Crippen molar-refractivity contribution in [2.24, 2.45) is 0 Å². The van der Waals surface area contributed by atoms with Crippen LogP contribution in [0.3, 0.4) is 0 Å². The average Bonchev–Trinajstić information content (AvgIpc) is 3.12. The van der Waals surface area contributed by atoms with Crippen LogP contribution in [-0.2, 0) is 19.5 Å². The van der Waals surface area contributed by atoms with E-state index in [1.807, 2.05) is 59.2 Å². The van der Waals surface area contributed by atoms with Crippen LogP contribution in [-0.4, -0.2) is 21.7 Å². The lowest BCUT2D eigenvalue weighted by atomic mass is 10.1. The van der Waals surface area contributed by atoms with Gasteiger partial charge in [0.15, 0.2) is 0 Å². The number of benzene rings is 3. The minimum atomic E-state index is -0.929. The van der Waals surface area contributed by atoms with E-state index in [0.29, 0.717) is 23.8 Å². The molecule has 0 unspecified atom stereocenters. The molecule has 4 nitrogen and oxygen atoms in total. The van der Waals surface area contributed by atoms with Gasteiger partial charge in [-0.1, -0.05) is 78.3 Å². The Kier molecular flexibility index (Phi) is 6.93. The second-order valence-electron chi connectivity index (χ2n) is 8.13. The molecular formula is C27H27ClN2O2. The third-order valence-corrected chi connectivity index (χ3v) is 6.27. The normalized spacial score (nSPS) is 12.2. The Hall–Kier alpha value is -3.08. The molecule has 0 radical (unpaired) electrons. The van der Waals surface area contributed by atoms with Gasteiger partial charge in [0.05, 0.1) is 0 Å². The van der Waals surface area contributed by atoms with E-state index in [2.05, 4.69) is 36.5 Å². The van der Waals surface area contributed by atoms with Gasteiger partial charge in [0.25, 0.3) is 0 Å². The molecule has 4 rings (SSSR count). The van der Waals surface area contributed by atoms with Gasteiger partial charge in [-0.05, 0) is 43.0 Å². The van der Waals surface area contributed by atoms with Crippen molar-refractivity contribution in [1.29, 1.82) is 0 Å². The zero-order valence-electron chi connectivity index (χ0n) is 18.1. The third-order valence-electron chi connectivity index (χ3n) is 5.90. The molecule has 0 fully saturated rings. The van der Waals surface area contributed by atoms with Crippen LogP contribution in [0.15, 0.2) is 78.9 Å². The highest BCUT2D eigenvalue weighted by molar-refractivity contribution is 6.31. The first-order valence-corrected chi connectivity index (χ1v) is 11.3. The van der Waals surface area contributed by atoms with E-state index in [9.17, 15) is 9.90 Å². The summed E-state index contributed by atoms with van der Waals surface area (Å²) in [6.07, 6.45) is 1.96. The summed E-state index contributed by atoms with van der Waals surface area (Å²) in [5, 5.41) is 15.3. The minimum Gasteiger partial charge on any atom is -0.477 e. The van der Waals surface area contributed by atoms with Crippen molar-refractivity contribution < 1.29 is 9.90 Å². The minimum absolute atomic E-state index is 0.252. The lowest BCUT2D eigenvalue weighted by molar-refractivity contribution is 0.0684. The molecule has 0 spiro atoms. The number of carbonyl (C=O) groups is 1. The van der Waals surface area contributed by atoms with E-state index >= 15 is 0 Å². The molecule has 2 N–H and O–H groups in total. The van der Waals surface area contributed by atoms with Crippen molar-refractivity contribution in [1.82, 2.24) is 9.88 Å². The van der Waals surface area contributed by atoms with Gasteiger partial charge < -0.3 is 15.0 Å². The molecule has 0 aliphatic heterocycles. The van der Waals surface area contributed by atoms with Crippen LogP contribution in [0.1, 0.15) is 40.5 Å². The predicted octanol–water partition coefficient (Wildman–Crippen LogP) is 6.15. The molecule has 164 valence electrons. The average molecular weight is 447 g/mol. The number of carboxylic acid groups (broad SMARTS) is 1. The summed E-state index contributed by atoms with van der Waals surface area (Å²) in [5.74, 6) is -0.929. The van der Waals surface area contributed by atoms with Gasteiger partial charge in [-0.15, -0.1) is 0 Å². The van der Waals surface area contributed by atoms with Gasteiger partial charge >= 0.3 is 5.97 Å². The van der Waals surface area contributed by atoms with Crippen molar-refractivity contribution in [3.63, 3.8) is 0 Å². The summed E-state index contributed by atoms with van der Waals surface area (Å²) in [7, 11) is 0. The van der Waals surface area contributed by atoms with E-state index in [1.54, 1.807) is 0 Å². The highest BCUT2D eigenvalue weighted by Crippen LogP contribution is 2.29. The number of halogens is 1. The molecule has 0 amide bonds. The second kappa shape index (κ2) is 10.0. The molecule has 1 atom stereocenters. The number of hydrogen-bond donors (Lipinski definition) is 2. The van der Waals surface area contributed by atoms with Crippen molar-refractivity contribution in [2.75, 3.05) is 0 Å². The Morgan fingerprint density at radius 2 is 1.69 bits per heavy atom. The monoisotopic (exact) mass is 446 g/mol. The van der Waals surface area contributed by atoms with E-state index < -0.39 is 5.97 Å². The van der Waals surface area contributed by atoms with Crippen LogP contribution < -0.4 is 5.32 Å². The summed E-state index contributed by atoms with van der Waals surface area (Å²) in [5.41, 5.74) is 4.23. The van der Waals surface area contributed by atoms with Crippen LogP contribution in [0.5, 0.6) is 0 Å². The second-order valence-corrected chi connectivity index (χ2v) is 8.54. The fourth-order valence-electron chi connectivity index (χ4n) is 4.17. The molecule has 1 heterocycles. The zero-order chi connectivity index (χ0) is 22.5. The molecule has 1 aromatic heterocycles. The van der Waals surface area contributed by atoms with Crippen LogP contribution in [0.4, 0.5) is 0 Å². The standard InChI is InChI=1S/C27H27ClN2O2/c1-19(15-16-20-9-3-2-4-10-20)29-17-23-22-12-6-8-14-25(22)30(26(23)27(31)32)18-21-11-5-7-13-24(21)28/h2-14,19,29H,15-18H2,1H3,(H,31,32)/t19-/m0/s1. The predicted molar refractivity (Wildman–Crippen MR) is 131 cm³/mol. The highest BCUT2D eigenvalue weighted by atomic mass is 35.5. The van der Waals surface area contributed by atoms with E-state index in [1.165, 1.54) is 5.56 Å². The number of carboxylic acids is 1. The van der Waals surface area contributed by atoms with Crippen LogP contribution >= 0.6 is 11.6 Å². The zero-order valence-corrected chi connectivity index (χ0v) is 18.8. The van der Waals surface area contributed by atoms with E-state index in [-0.39, 0.29) is 6.04 Å². The topological polar surface area (TPSA) is 54.3 Å². The summed E-state index contributed by atoms with van der Waals surface area (Å²) in [4.78, 5) is 12.4. The Morgan fingerprint density at radius 1 is 1.00 bits per heavy atom. The Morgan fingerprint density at radius 3 is 2.44 bits per heavy atom. The SMILES string of the molecule is C[C@@H](CCc1ccccc1)NCc1c(C(=O)O)n(Cc2ccccc2Cl)c2ccccc12. The van der Waals surface area contributed by atoms with Gasteiger partial charge in [-0.25, -0.2) is 4.79 Å². The van der Waals surface area contributed by atoms with Gasteiger partial charge in [0.2, 0.25) is 0 Å². The van der Waals surface area contributed by atoms with Gasteiger partial charge in [-0.2, -0.15) is 0 Å². The van der Waals surface area contributed by atoms with E-state index in [4.69, 9.17) is 11.6 Å². The number of hydrogen-bond acceptors (Lipinski definition) is 2. The van der Waals surface area contributed by atoms with Crippen molar-refractivity contribution in [3.05, 3.63) is 106 Å². The first-order valence-electron chi connectivity index (χ1n) is 10.9. The number of aryl methyl sites for hydroxylation is 1. The number of nitrogens with one attached hydrogen (secondary N) is 1. The number of aromatic carboxylic acids is 1. The van der Waals surface area contributed by atoms with Gasteiger partial charge in [-0.3, -0.25) is 0 Å². The summed E-state index contributed by atoms with van der Waals surface area (Å²) in [6, 6.07) is 26.1. The van der Waals surface area contributed by atoms with Gasteiger partial charge in [0.1, 0.15) is 5.69 Å². The maximum Gasteiger partial charge on any atom is 0.352 e. The highest BCUT2D eigenvalue weighted by Gasteiger charge is 2.23. The maximum atomic E-state index is 12.4. The summed E-state index contributed by atoms with van der Waals surface area (Å²) < 4.78 is 1.87. The molecule has 3 aromatic carbocycles. The molecule has 5 heteroatoms. The summed E-state index contributed by atoms with van der Waals surface area (Å²) in [6.45, 7) is 3.05. The number of para-hydroxylation sites is 1. The molecule has 0 bridgehead atoms. The lowest BCUT2D eigenvalue weighted by Crippen LogP contribution is -2.27. The van der Waals surface area contributed by atoms with Crippen LogP contribution in [0.25, 0.3) is 10.9 Å². The number of rotatable bonds is 9. The largest absolute Gasteiger partial charge is 0.477 e. The molecule has 32 heavy (non-hydrogen) atoms. The third kappa shape index (κ3) is 4.87. The molecule has 0 aliphatic rings. The van der Waals surface area contributed by atoms with Crippen molar-refractivity contribution >= 4 is 28.5 Å². The molecule has 0 saturated carbocycles. The molecule has 4 aromatic rings. The van der Waals surface area contributed by atoms with E-state index in [0.717, 1.165) is 34.9 Å². The van der Waals surface area contributed by atoms with Crippen LogP contribution in [0, 0.1) is 0 Å². The maximum absolute atomic E-state index is 12.4.